The van der Waals surface area contributed by atoms with Crippen LogP contribution in [0.15, 0.2) is 42.7 Å². The van der Waals surface area contributed by atoms with Gasteiger partial charge in [0.15, 0.2) is 0 Å². The van der Waals surface area contributed by atoms with Gasteiger partial charge in [-0.15, -0.1) is 0 Å². The molecule has 164 valence electrons. The third-order valence-corrected chi connectivity index (χ3v) is 6.77. The molecule has 0 atom stereocenters. The smallest absolute Gasteiger partial charge is 0.130 e. The molecule has 3 aromatic rings. The van der Waals surface area contributed by atoms with Crippen LogP contribution in [-0.2, 0) is 6.61 Å². The molecule has 1 aliphatic carbocycles. The Bertz CT molecular complexity index is 1010. The van der Waals surface area contributed by atoms with E-state index >= 15 is 0 Å². The Kier molecular flexibility index (Phi) is 6.17. The molecule has 1 N–H and O–H groups in total. The fourth-order valence-electron chi connectivity index (χ4n) is 4.64. The minimum Gasteiger partial charge on any atom is -0.487 e. The first-order valence-electron chi connectivity index (χ1n) is 11.5. The zero-order chi connectivity index (χ0) is 22.0. The molecule has 0 bridgehead atoms. The average Bonchev–Trinajstić information content (AvgIpc) is 3.24. The van der Waals surface area contributed by atoms with Crippen molar-refractivity contribution in [1.29, 1.82) is 0 Å². The first-order chi connectivity index (χ1) is 14.8. The lowest BCUT2D eigenvalue weighted by Crippen LogP contribution is -2.25. The lowest BCUT2D eigenvalue weighted by Gasteiger charge is -2.36. The molecular formula is C27H35N3O. The summed E-state index contributed by atoms with van der Waals surface area (Å²) in [5.74, 6) is 3.42. The van der Waals surface area contributed by atoms with Crippen LogP contribution in [0.3, 0.4) is 0 Å². The van der Waals surface area contributed by atoms with Crippen LogP contribution >= 0.6 is 0 Å². The van der Waals surface area contributed by atoms with Crippen molar-refractivity contribution in [3.63, 3.8) is 0 Å². The zero-order valence-corrected chi connectivity index (χ0v) is 19.5. The Morgan fingerprint density at radius 2 is 1.74 bits per heavy atom. The fourth-order valence-corrected chi connectivity index (χ4v) is 4.64. The molecule has 1 aromatic carbocycles. The maximum atomic E-state index is 6.00. The number of nitrogens with zero attached hydrogens (tertiary/aromatic N) is 2. The van der Waals surface area contributed by atoms with Gasteiger partial charge in [0.1, 0.15) is 18.2 Å². The second-order valence-corrected chi connectivity index (χ2v) is 10.2. The summed E-state index contributed by atoms with van der Waals surface area (Å²) in [6, 6.07) is 10.4. The summed E-state index contributed by atoms with van der Waals surface area (Å²) in [6.45, 7) is 11.7. The minimum atomic E-state index is 0.413. The van der Waals surface area contributed by atoms with Crippen LogP contribution in [0.2, 0.25) is 0 Å². The number of aryl methyl sites for hydroxylation is 2. The second-order valence-electron chi connectivity index (χ2n) is 10.2. The Morgan fingerprint density at radius 3 is 2.39 bits per heavy atom. The molecule has 4 nitrogen and oxygen atoms in total. The predicted octanol–water partition coefficient (Wildman–Crippen LogP) is 6.99. The number of ether oxygens (including phenoxy) is 1. The summed E-state index contributed by atoms with van der Waals surface area (Å²) in [5, 5.41) is 0. The van der Waals surface area contributed by atoms with Gasteiger partial charge in [0.2, 0.25) is 0 Å². The van der Waals surface area contributed by atoms with Gasteiger partial charge >= 0.3 is 0 Å². The highest BCUT2D eigenvalue weighted by atomic mass is 16.5. The third kappa shape index (κ3) is 5.17. The van der Waals surface area contributed by atoms with Crippen molar-refractivity contribution >= 4 is 0 Å². The highest BCUT2D eigenvalue weighted by molar-refractivity contribution is 5.61. The molecule has 1 fully saturated rings. The summed E-state index contributed by atoms with van der Waals surface area (Å²) in [6.07, 6.45) is 8.91. The highest BCUT2D eigenvalue weighted by Crippen LogP contribution is 2.42. The maximum absolute atomic E-state index is 6.00. The number of benzene rings is 1. The number of hydrogen-bond acceptors (Lipinski definition) is 3. The predicted molar refractivity (Wildman–Crippen MR) is 126 cm³/mol. The minimum absolute atomic E-state index is 0.413. The summed E-state index contributed by atoms with van der Waals surface area (Å²) in [7, 11) is 0. The van der Waals surface area contributed by atoms with Crippen molar-refractivity contribution in [2.75, 3.05) is 0 Å². The van der Waals surface area contributed by atoms with Gasteiger partial charge in [-0.3, -0.25) is 4.98 Å². The van der Waals surface area contributed by atoms with Crippen LogP contribution < -0.4 is 4.74 Å². The van der Waals surface area contributed by atoms with E-state index in [1.165, 1.54) is 25.7 Å². The van der Waals surface area contributed by atoms with Gasteiger partial charge in [-0.1, -0.05) is 26.8 Å². The summed E-state index contributed by atoms with van der Waals surface area (Å²) >= 11 is 0. The standard InChI is InChI=1S/C27H35N3O/c1-18-6-12-23(28-15-18)17-31-25-13-9-21(14-19(25)2)24-16-29-26(30-24)20-7-10-22(11-8-20)27(3,4)5/h6,9,12-16,20,22H,7-8,10-11,17H2,1-5H3,(H,29,30). The largest absolute Gasteiger partial charge is 0.487 e. The average molecular weight is 418 g/mol. The van der Waals surface area contributed by atoms with Crippen molar-refractivity contribution in [2.45, 2.75) is 72.8 Å². The van der Waals surface area contributed by atoms with Crippen molar-refractivity contribution in [1.82, 2.24) is 15.0 Å². The summed E-state index contributed by atoms with van der Waals surface area (Å²) in [5.41, 5.74) is 5.87. The molecule has 0 radical (unpaired) electrons. The van der Waals surface area contributed by atoms with Gasteiger partial charge in [0, 0.05) is 17.7 Å². The number of nitrogens with one attached hydrogen (secondary N) is 1. The molecule has 0 amide bonds. The Morgan fingerprint density at radius 1 is 0.968 bits per heavy atom. The normalized spacial score (nSPS) is 19.4. The monoisotopic (exact) mass is 417 g/mol. The van der Waals surface area contributed by atoms with E-state index in [0.29, 0.717) is 17.9 Å². The number of aromatic amines is 1. The first kappa shape index (κ1) is 21.6. The zero-order valence-electron chi connectivity index (χ0n) is 19.5. The number of hydrogen-bond donors (Lipinski definition) is 1. The molecule has 31 heavy (non-hydrogen) atoms. The SMILES string of the molecule is Cc1ccc(COc2ccc(-c3cnc(C4CCC(C(C)(C)C)CC4)[nH]3)cc2C)nc1. The van der Waals surface area contributed by atoms with Gasteiger partial charge in [0.05, 0.1) is 17.6 Å². The molecule has 0 unspecified atom stereocenters. The van der Waals surface area contributed by atoms with Gasteiger partial charge in [-0.2, -0.15) is 0 Å². The first-order valence-corrected chi connectivity index (χ1v) is 11.5. The van der Waals surface area contributed by atoms with Crippen molar-refractivity contribution in [3.8, 4) is 17.0 Å². The van der Waals surface area contributed by atoms with Crippen LogP contribution in [0.1, 0.15) is 75.0 Å². The number of H-pyrrole nitrogens is 1. The van der Waals surface area contributed by atoms with E-state index in [2.05, 4.69) is 55.9 Å². The number of pyridine rings is 1. The Balaban J connectivity index is 1.40. The van der Waals surface area contributed by atoms with Gasteiger partial charge in [0.25, 0.3) is 0 Å². The van der Waals surface area contributed by atoms with Crippen LogP contribution in [-0.4, -0.2) is 15.0 Å². The second kappa shape index (κ2) is 8.86. The number of aromatic nitrogens is 3. The molecule has 4 rings (SSSR count). The fraction of sp³-hybridized carbons (Fsp3) is 0.481. The highest BCUT2D eigenvalue weighted by Gasteiger charge is 2.31. The van der Waals surface area contributed by atoms with Crippen LogP contribution in [0, 0.1) is 25.2 Å². The lowest BCUT2D eigenvalue weighted by atomic mass is 9.70. The quantitative estimate of drug-likeness (QED) is 0.487. The van der Waals surface area contributed by atoms with Gasteiger partial charge in [-0.05, 0) is 86.3 Å². The Hall–Kier alpha value is -2.62. The molecule has 0 aliphatic heterocycles. The van der Waals surface area contributed by atoms with E-state index in [-0.39, 0.29) is 0 Å². The lowest BCUT2D eigenvalue weighted by molar-refractivity contribution is 0.167. The van der Waals surface area contributed by atoms with E-state index in [9.17, 15) is 0 Å². The molecular weight excluding hydrogens is 382 g/mol. The van der Waals surface area contributed by atoms with Crippen LogP contribution in [0.5, 0.6) is 5.75 Å². The maximum Gasteiger partial charge on any atom is 0.130 e. The summed E-state index contributed by atoms with van der Waals surface area (Å²) < 4.78 is 6.00. The van der Waals surface area contributed by atoms with Gasteiger partial charge in [-0.25, -0.2) is 4.98 Å². The topological polar surface area (TPSA) is 50.8 Å². The molecule has 1 saturated carbocycles. The molecule has 1 aliphatic rings. The van der Waals surface area contributed by atoms with Crippen molar-refractivity contribution in [2.24, 2.45) is 11.3 Å². The van der Waals surface area contributed by atoms with E-state index in [1.54, 1.807) is 0 Å². The molecule has 2 aromatic heterocycles. The number of rotatable bonds is 5. The summed E-state index contributed by atoms with van der Waals surface area (Å²) in [4.78, 5) is 12.8. The molecule has 2 heterocycles. The van der Waals surface area contributed by atoms with Crippen molar-refractivity contribution < 1.29 is 4.74 Å². The third-order valence-electron chi connectivity index (χ3n) is 6.77. The number of imidazole rings is 1. The van der Waals surface area contributed by atoms with E-state index < -0.39 is 0 Å². The molecule has 0 spiro atoms. The van der Waals surface area contributed by atoms with Gasteiger partial charge < -0.3 is 9.72 Å². The molecule has 0 saturated heterocycles. The van der Waals surface area contributed by atoms with Crippen LogP contribution in [0.4, 0.5) is 0 Å². The van der Waals surface area contributed by atoms with Crippen molar-refractivity contribution in [3.05, 3.63) is 65.4 Å². The Labute approximate surface area is 186 Å². The van der Waals surface area contributed by atoms with E-state index in [4.69, 9.17) is 9.72 Å². The van der Waals surface area contributed by atoms with Crippen LogP contribution in [0.25, 0.3) is 11.3 Å². The van der Waals surface area contributed by atoms with E-state index in [1.807, 2.05) is 31.5 Å². The molecule has 4 heteroatoms. The van der Waals surface area contributed by atoms with E-state index in [0.717, 1.165) is 45.6 Å².